The van der Waals surface area contributed by atoms with Crippen LogP contribution in [0.5, 0.6) is 0 Å². The molecule has 0 fully saturated rings. The Morgan fingerprint density at radius 2 is 1.79 bits per heavy atom. The molecule has 0 spiro atoms. The molecule has 170 valence electrons. The van der Waals surface area contributed by atoms with Gasteiger partial charge in [-0.3, -0.25) is 4.79 Å². The Bertz CT molecular complexity index is 1640. The van der Waals surface area contributed by atoms with Crippen LogP contribution in [0.3, 0.4) is 0 Å². The average molecular weight is 480 g/mol. The second kappa shape index (κ2) is 7.88. The van der Waals surface area contributed by atoms with Crippen molar-refractivity contribution in [2.75, 3.05) is 0 Å². The molecule has 8 heteroatoms. The highest BCUT2D eigenvalue weighted by atomic mass is 35.5. The smallest absolute Gasteiger partial charge is 0.209 e. The van der Waals surface area contributed by atoms with Crippen LogP contribution < -0.4 is 0 Å². The van der Waals surface area contributed by atoms with Crippen molar-refractivity contribution in [3.8, 4) is 11.1 Å². The van der Waals surface area contributed by atoms with Crippen LogP contribution in [0.25, 0.3) is 33.8 Å². The average Bonchev–Trinajstić information content (AvgIpc) is 3.38. The van der Waals surface area contributed by atoms with Crippen molar-refractivity contribution in [2.45, 2.75) is 6.92 Å². The van der Waals surface area contributed by atoms with Crippen LogP contribution in [-0.2, 0) is 7.05 Å². The van der Waals surface area contributed by atoms with E-state index in [1.54, 1.807) is 34.9 Å². The van der Waals surface area contributed by atoms with Crippen molar-refractivity contribution in [1.82, 2.24) is 14.0 Å². The maximum absolute atomic E-state index is 13.7. The summed E-state index contributed by atoms with van der Waals surface area (Å²) in [6.45, 7) is 5.81. The second-order valence-electron chi connectivity index (χ2n) is 7.92. The molecular formula is C26H17ClF3N3O. The Labute approximate surface area is 197 Å². The molecule has 0 saturated carbocycles. The first kappa shape index (κ1) is 22.0. The molecule has 0 aliphatic rings. The number of aryl methyl sites for hydroxylation is 2. The quantitative estimate of drug-likeness (QED) is 0.211. The van der Waals surface area contributed by atoms with Gasteiger partial charge in [0.05, 0.1) is 21.7 Å². The zero-order valence-electron chi connectivity index (χ0n) is 18.2. The molecular weight excluding hydrogens is 463 g/mol. The lowest BCUT2D eigenvalue weighted by molar-refractivity contribution is 0.103. The summed E-state index contributed by atoms with van der Waals surface area (Å²) >= 11 is 6.84. The lowest BCUT2D eigenvalue weighted by atomic mass is 9.98. The Hall–Kier alpha value is -3.84. The van der Waals surface area contributed by atoms with Crippen molar-refractivity contribution in [3.05, 3.63) is 100 Å². The highest BCUT2D eigenvalue weighted by Crippen LogP contribution is 2.40. The van der Waals surface area contributed by atoms with Gasteiger partial charge >= 0.3 is 0 Å². The summed E-state index contributed by atoms with van der Waals surface area (Å²) in [5.74, 6) is -4.32. The van der Waals surface area contributed by atoms with Gasteiger partial charge in [0.2, 0.25) is 5.78 Å². The summed E-state index contributed by atoms with van der Waals surface area (Å²) in [4.78, 5) is 17.6. The zero-order chi connectivity index (χ0) is 24.3. The number of halogens is 4. The number of hydrogen-bond acceptors (Lipinski definition) is 2. The van der Waals surface area contributed by atoms with Crippen LogP contribution in [0, 0.1) is 24.4 Å². The first-order valence-electron chi connectivity index (χ1n) is 10.3. The minimum Gasteiger partial charge on any atom is -0.331 e. The van der Waals surface area contributed by atoms with Gasteiger partial charge in [0.1, 0.15) is 11.3 Å². The molecule has 0 aliphatic carbocycles. The predicted molar refractivity (Wildman–Crippen MR) is 127 cm³/mol. The summed E-state index contributed by atoms with van der Waals surface area (Å²) in [6, 6.07) is 10.2. The SMILES string of the molecule is C=Cc1cc2c(nc(C)n2C)c(Cl)c1-c1cccn2c(C(=O)c3cc(F)c(F)c(F)c3)ccc12. The molecule has 0 amide bonds. The lowest BCUT2D eigenvalue weighted by Gasteiger charge is -2.13. The molecule has 0 atom stereocenters. The summed E-state index contributed by atoms with van der Waals surface area (Å²) in [5, 5.41) is 0.445. The Balaban J connectivity index is 1.73. The number of benzene rings is 2. The number of fused-ring (bicyclic) bond motifs is 2. The molecule has 5 aromatic rings. The molecule has 4 nitrogen and oxygen atoms in total. The number of rotatable bonds is 4. The van der Waals surface area contributed by atoms with E-state index in [4.69, 9.17) is 11.6 Å². The van der Waals surface area contributed by atoms with Gasteiger partial charge in [0.25, 0.3) is 0 Å². The van der Waals surface area contributed by atoms with Crippen molar-refractivity contribution >= 4 is 40.0 Å². The summed E-state index contributed by atoms with van der Waals surface area (Å²) in [5.41, 5.74) is 4.22. The van der Waals surface area contributed by atoms with Crippen LogP contribution >= 0.6 is 11.6 Å². The summed E-state index contributed by atoms with van der Waals surface area (Å²) in [6.07, 6.45) is 3.36. The minimum atomic E-state index is -1.62. The molecule has 0 radical (unpaired) electrons. The predicted octanol–water partition coefficient (Wildman–Crippen LogP) is 6.75. The summed E-state index contributed by atoms with van der Waals surface area (Å²) in [7, 11) is 1.90. The Morgan fingerprint density at radius 1 is 1.09 bits per heavy atom. The third kappa shape index (κ3) is 3.15. The number of pyridine rings is 1. The second-order valence-corrected chi connectivity index (χ2v) is 8.30. The van der Waals surface area contributed by atoms with Crippen LogP contribution in [0.4, 0.5) is 13.2 Å². The molecule has 0 bridgehead atoms. The highest BCUT2D eigenvalue weighted by molar-refractivity contribution is 6.38. The van der Waals surface area contributed by atoms with E-state index in [-0.39, 0.29) is 11.3 Å². The number of aromatic nitrogens is 3. The fourth-order valence-electron chi connectivity index (χ4n) is 4.22. The standard InChI is InChI=1S/C26H17ClF3N3O/c1-4-14-12-21-25(31-13(2)32(21)3)23(27)22(14)16-6-5-9-33-19(16)7-8-20(33)26(34)15-10-17(28)24(30)18(29)11-15/h4-12H,1H2,2-3H3. The van der Waals surface area contributed by atoms with Gasteiger partial charge in [0, 0.05) is 29.9 Å². The van der Waals surface area contributed by atoms with E-state index in [2.05, 4.69) is 11.6 Å². The van der Waals surface area contributed by atoms with E-state index in [9.17, 15) is 18.0 Å². The highest BCUT2D eigenvalue weighted by Gasteiger charge is 2.22. The van der Waals surface area contributed by atoms with Crippen LogP contribution in [0.15, 0.2) is 55.2 Å². The van der Waals surface area contributed by atoms with E-state index in [1.165, 1.54) is 0 Å². The number of hydrogen-bond donors (Lipinski definition) is 0. The van der Waals surface area contributed by atoms with Gasteiger partial charge < -0.3 is 8.97 Å². The number of ketones is 1. The molecule has 0 saturated heterocycles. The van der Waals surface area contributed by atoms with Gasteiger partial charge in [-0.25, -0.2) is 18.2 Å². The van der Waals surface area contributed by atoms with Gasteiger partial charge in [-0.05, 0) is 48.9 Å². The summed E-state index contributed by atoms with van der Waals surface area (Å²) < 4.78 is 44.3. The molecule has 34 heavy (non-hydrogen) atoms. The Morgan fingerprint density at radius 3 is 2.47 bits per heavy atom. The fraction of sp³-hybridized carbons (Fsp3) is 0.0769. The monoisotopic (exact) mass is 479 g/mol. The van der Waals surface area contributed by atoms with Gasteiger partial charge in [-0.2, -0.15) is 0 Å². The van der Waals surface area contributed by atoms with Crippen molar-refractivity contribution < 1.29 is 18.0 Å². The van der Waals surface area contributed by atoms with E-state index in [0.717, 1.165) is 22.5 Å². The van der Waals surface area contributed by atoms with Crippen molar-refractivity contribution in [1.29, 1.82) is 0 Å². The molecule has 0 aliphatic heterocycles. The molecule has 3 aromatic heterocycles. The number of nitrogens with zero attached hydrogens (tertiary/aromatic N) is 3. The first-order chi connectivity index (χ1) is 16.2. The number of imidazole rings is 1. The normalized spacial score (nSPS) is 11.5. The Kier molecular flexibility index (Phi) is 5.10. The van der Waals surface area contributed by atoms with E-state index < -0.39 is 23.2 Å². The first-order valence-corrected chi connectivity index (χ1v) is 10.7. The molecule has 0 N–H and O–H groups in total. The van der Waals surface area contributed by atoms with Gasteiger partial charge in [0.15, 0.2) is 17.5 Å². The third-order valence-electron chi connectivity index (χ3n) is 6.03. The number of carbonyl (C=O) groups is 1. The van der Waals surface area contributed by atoms with Crippen molar-refractivity contribution in [2.24, 2.45) is 7.05 Å². The molecule has 3 heterocycles. The van der Waals surface area contributed by atoms with E-state index >= 15 is 0 Å². The maximum atomic E-state index is 13.7. The minimum absolute atomic E-state index is 0.160. The molecule has 0 unspecified atom stereocenters. The van der Waals surface area contributed by atoms with Gasteiger partial charge in [-0.1, -0.05) is 30.3 Å². The molecule has 5 rings (SSSR count). The third-order valence-corrected chi connectivity index (χ3v) is 6.40. The fourth-order valence-corrected chi connectivity index (χ4v) is 4.57. The zero-order valence-corrected chi connectivity index (χ0v) is 18.9. The largest absolute Gasteiger partial charge is 0.331 e. The van der Waals surface area contributed by atoms with Crippen molar-refractivity contribution in [3.63, 3.8) is 0 Å². The van der Waals surface area contributed by atoms with Crippen LogP contribution in [0.2, 0.25) is 5.02 Å². The topological polar surface area (TPSA) is 39.3 Å². The van der Waals surface area contributed by atoms with Crippen LogP contribution in [0.1, 0.15) is 27.4 Å². The lowest BCUT2D eigenvalue weighted by Crippen LogP contribution is -2.07. The van der Waals surface area contributed by atoms with Gasteiger partial charge in [-0.15, -0.1) is 0 Å². The van der Waals surface area contributed by atoms with E-state index in [1.807, 2.05) is 30.7 Å². The maximum Gasteiger partial charge on any atom is 0.209 e. The van der Waals surface area contributed by atoms with E-state index in [0.29, 0.717) is 33.8 Å². The number of carbonyl (C=O) groups excluding carboxylic acids is 1. The van der Waals surface area contributed by atoms with Crippen LogP contribution in [-0.4, -0.2) is 19.7 Å². The molecule has 2 aromatic carbocycles.